The van der Waals surface area contributed by atoms with Crippen molar-refractivity contribution in [1.82, 2.24) is 20.2 Å². The summed E-state index contributed by atoms with van der Waals surface area (Å²) in [7, 11) is 0. The Morgan fingerprint density at radius 1 is 1.18 bits per heavy atom. The van der Waals surface area contributed by atoms with E-state index in [0.717, 1.165) is 10.0 Å². The van der Waals surface area contributed by atoms with Gasteiger partial charge >= 0.3 is 0 Å². The number of rotatable bonds is 3. The number of aryl methyl sites for hydroxylation is 2. The van der Waals surface area contributed by atoms with Crippen LogP contribution in [0.1, 0.15) is 29.4 Å². The van der Waals surface area contributed by atoms with Gasteiger partial charge in [0.05, 0.1) is 21.1 Å². The fraction of sp³-hybridized carbons (Fsp3) is 0.429. The summed E-state index contributed by atoms with van der Waals surface area (Å²) in [5.41, 5.74) is 0. The summed E-state index contributed by atoms with van der Waals surface area (Å²) in [6.45, 7) is 5.41. The van der Waals surface area contributed by atoms with Crippen LogP contribution in [0.2, 0.25) is 0 Å². The van der Waals surface area contributed by atoms with Crippen molar-refractivity contribution in [3.05, 3.63) is 32.2 Å². The van der Waals surface area contributed by atoms with Gasteiger partial charge in [0.2, 0.25) is 0 Å². The minimum absolute atomic E-state index is 0.0487. The highest BCUT2D eigenvalue weighted by atomic mass is 32.1. The molecule has 116 valence electrons. The van der Waals surface area contributed by atoms with Gasteiger partial charge in [-0.15, -0.1) is 22.7 Å². The summed E-state index contributed by atoms with van der Waals surface area (Å²) in [6.07, 6.45) is 3.18. The van der Waals surface area contributed by atoms with Crippen molar-refractivity contribution in [2.24, 2.45) is 0 Å². The molecule has 1 fully saturated rings. The van der Waals surface area contributed by atoms with E-state index >= 15 is 0 Å². The molecule has 1 saturated heterocycles. The predicted octanol–water partition coefficient (Wildman–Crippen LogP) is 1.51. The zero-order valence-electron chi connectivity index (χ0n) is 12.3. The highest BCUT2D eigenvalue weighted by Gasteiger charge is 2.34. The molecule has 0 radical (unpaired) electrons. The lowest BCUT2D eigenvalue weighted by atomic mass is 10.1. The molecule has 22 heavy (non-hydrogen) atoms. The molecule has 8 heteroatoms. The number of hydrogen-bond acceptors (Lipinski definition) is 7. The molecule has 0 spiro atoms. The van der Waals surface area contributed by atoms with Crippen molar-refractivity contribution < 1.29 is 9.59 Å². The zero-order chi connectivity index (χ0) is 15.7. The highest BCUT2D eigenvalue weighted by Crippen LogP contribution is 2.21. The van der Waals surface area contributed by atoms with Gasteiger partial charge in [-0.3, -0.25) is 9.59 Å². The molecule has 2 aromatic rings. The maximum Gasteiger partial charge on any atom is 0.266 e. The van der Waals surface area contributed by atoms with Crippen LogP contribution >= 0.6 is 22.7 Å². The summed E-state index contributed by atoms with van der Waals surface area (Å²) >= 11 is 2.73. The van der Waals surface area contributed by atoms with E-state index in [9.17, 15) is 9.59 Å². The van der Waals surface area contributed by atoms with E-state index in [-0.39, 0.29) is 11.7 Å². The van der Waals surface area contributed by atoms with E-state index in [1.165, 1.54) is 22.7 Å². The minimum Gasteiger partial charge on any atom is -0.325 e. The fourth-order valence-electron chi connectivity index (χ4n) is 2.42. The van der Waals surface area contributed by atoms with Crippen LogP contribution in [-0.4, -0.2) is 52.2 Å². The standard InChI is InChI=1S/C14H16N4O2S2/c1-8-16-6-11(21-8)13(19)10-5-15-3-4-18(10)14(20)12-7-17-9(2)22-12/h6-7,10,15H,3-5H2,1-2H3. The van der Waals surface area contributed by atoms with E-state index in [2.05, 4.69) is 15.3 Å². The zero-order valence-corrected chi connectivity index (χ0v) is 14.0. The van der Waals surface area contributed by atoms with Gasteiger partial charge < -0.3 is 10.2 Å². The molecule has 3 heterocycles. The summed E-state index contributed by atoms with van der Waals surface area (Å²) in [6, 6.07) is -0.483. The second kappa shape index (κ2) is 6.23. The van der Waals surface area contributed by atoms with Gasteiger partial charge in [-0.05, 0) is 13.8 Å². The Morgan fingerprint density at radius 2 is 1.82 bits per heavy atom. The first-order valence-electron chi connectivity index (χ1n) is 6.97. The Bertz CT molecular complexity index is 649. The van der Waals surface area contributed by atoms with Crippen LogP contribution in [0.5, 0.6) is 0 Å². The van der Waals surface area contributed by atoms with Gasteiger partial charge in [-0.25, -0.2) is 9.97 Å². The van der Waals surface area contributed by atoms with Gasteiger partial charge in [0, 0.05) is 25.8 Å². The smallest absolute Gasteiger partial charge is 0.266 e. The van der Waals surface area contributed by atoms with Crippen molar-refractivity contribution in [2.45, 2.75) is 19.9 Å². The van der Waals surface area contributed by atoms with Crippen molar-refractivity contribution in [2.75, 3.05) is 19.6 Å². The van der Waals surface area contributed by atoms with E-state index in [1.807, 2.05) is 13.8 Å². The molecule has 1 atom stereocenters. The average molecular weight is 336 g/mol. The SMILES string of the molecule is Cc1ncc(C(=O)C2CNCCN2C(=O)c2cnc(C)s2)s1. The maximum absolute atomic E-state index is 12.7. The second-order valence-corrected chi connectivity index (χ2v) is 7.54. The predicted molar refractivity (Wildman–Crippen MR) is 85.7 cm³/mol. The Labute approximate surface area is 136 Å². The Balaban J connectivity index is 1.85. The third-order valence-electron chi connectivity index (χ3n) is 3.50. The number of Topliss-reactive ketones (excluding diaryl/α,β-unsaturated/α-hetero) is 1. The largest absolute Gasteiger partial charge is 0.325 e. The third-order valence-corrected chi connectivity index (χ3v) is 5.33. The van der Waals surface area contributed by atoms with Crippen LogP contribution in [0.4, 0.5) is 0 Å². The molecule has 0 aliphatic carbocycles. The number of carbonyl (C=O) groups is 2. The van der Waals surface area contributed by atoms with Crippen LogP contribution in [0, 0.1) is 13.8 Å². The molecule has 1 aliphatic rings. The number of carbonyl (C=O) groups excluding carboxylic acids is 2. The lowest BCUT2D eigenvalue weighted by Crippen LogP contribution is -2.56. The minimum atomic E-state index is -0.483. The fourth-order valence-corrected chi connectivity index (χ4v) is 3.92. The van der Waals surface area contributed by atoms with Gasteiger partial charge in [-0.1, -0.05) is 0 Å². The summed E-state index contributed by atoms with van der Waals surface area (Å²) < 4.78 is 0. The molecule has 0 bridgehead atoms. The van der Waals surface area contributed by atoms with E-state index in [0.29, 0.717) is 29.4 Å². The first kappa shape index (κ1) is 15.3. The molecule has 2 aromatic heterocycles. The van der Waals surface area contributed by atoms with Crippen molar-refractivity contribution in [1.29, 1.82) is 0 Å². The van der Waals surface area contributed by atoms with Crippen LogP contribution < -0.4 is 5.32 Å². The highest BCUT2D eigenvalue weighted by molar-refractivity contribution is 7.14. The molecule has 3 rings (SSSR count). The summed E-state index contributed by atoms with van der Waals surface area (Å²) in [4.78, 5) is 36.4. The summed E-state index contributed by atoms with van der Waals surface area (Å²) in [5.74, 6) is -0.168. The molecule has 1 amide bonds. The van der Waals surface area contributed by atoms with Gasteiger partial charge in [0.15, 0.2) is 5.78 Å². The van der Waals surface area contributed by atoms with Gasteiger partial charge in [0.25, 0.3) is 5.91 Å². The number of thiazole rings is 2. The monoisotopic (exact) mass is 336 g/mol. The number of nitrogens with one attached hydrogen (secondary N) is 1. The first-order chi connectivity index (χ1) is 10.6. The lowest BCUT2D eigenvalue weighted by molar-refractivity contribution is 0.0575. The third kappa shape index (κ3) is 2.94. The maximum atomic E-state index is 12.7. The average Bonchev–Trinajstić information content (AvgIpc) is 3.14. The quantitative estimate of drug-likeness (QED) is 0.860. The number of hydrogen-bond donors (Lipinski definition) is 1. The number of nitrogens with zero attached hydrogens (tertiary/aromatic N) is 3. The molecule has 0 aromatic carbocycles. The normalized spacial score (nSPS) is 18.5. The molecule has 6 nitrogen and oxygen atoms in total. The Morgan fingerprint density at radius 3 is 2.41 bits per heavy atom. The van der Waals surface area contributed by atoms with Crippen LogP contribution in [0.15, 0.2) is 12.4 Å². The van der Waals surface area contributed by atoms with Crippen molar-refractivity contribution in [3.63, 3.8) is 0 Å². The van der Waals surface area contributed by atoms with Gasteiger partial charge in [0.1, 0.15) is 10.9 Å². The van der Waals surface area contributed by atoms with Gasteiger partial charge in [-0.2, -0.15) is 0 Å². The van der Waals surface area contributed by atoms with Crippen LogP contribution in [-0.2, 0) is 0 Å². The molecular weight excluding hydrogens is 320 g/mol. The molecule has 0 saturated carbocycles. The molecule has 1 N–H and O–H groups in total. The van der Waals surface area contributed by atoms with Crippen molar-refractivity contribution in [3.8, 4) is 0 Å². The van der Waals surface area contributed by atoms with E-state index < -0.39 is 6.04 Å². The summed E-state index contributed by atoms with van der Waals surface area (Å²) in [5, 5.41) is 4.89. The van der Waals surface area contributed by atoms with Crippen LogP contribution in [0.25, 0.3) is 0 Å². The first-order valence-corrected chi connectivity index (χ1v) is 8.60. The number of ketones is 1. The van der Waals surface area contributed by atoms with Crippen LogP contribution in [0.3, 0.4) is 0 Å². The van der Waals surface area contributed by atoms with E-state index in [4.69, 9.17) is 0 Å². The Kier molecular flexibility index (Phi) is 4.32. The number of amides is 1. The second-order valence-electron chi connectivity index (χ2n) is 5.07. The Hall–Kier alpha value is -1.64. The topological polar surface area (TPSA) is 75.2 Å². The van der Waals surface area contributed by atoms with E-state index in [1.54, 1.807) is 17.3 Å². The molecule has 1 unspecified atom stereocenters. The molecular formula is C14H16N4O2S2. The van der Waals surface area contributed by atoms with Crippen molar-refractivity contribution >= 4 is 34.4 Å². The number of piperazine rings is 1. The lowest BCUT2D eigenvalue weighted by Gasteiger charge is -2.34. The molecule has 1 aliphatic heterocycles. The number of aromatic nitrogens is 2.